The topological polar surface area (TPSA) is 42.9 Å². The van der Waals surface area contributed by atoms with Gasteiger partial charge < -0.3 is 14.8 Å². The fraction of sp³-hybridized carbons (Fsp3) is 0.182. The highest BCUT2D eigenvalue weighted by atomic mass is 35.5. The van der Waals surface area contributed by atoms with Crippen molar-refractivity contribution < 1.29 is 9.47 Å². The zero-order chi connectivity index (χ0) is 11.4. The SMILES string of the molecule is COc1ccc(OC2=CNC=NC2)c(Cl)c1. The van der Waals surface area contributed by atoms with Gasteiger partial charge in [0.2, 0.25) is 0 Å². The van der Waals surface area contributed by atoms with Gasteiger partial charge >= 0.3 is 0 Å². The van der Waals surface area contributed by atoms with Gasteiger partial charge in [-0.15, -0.1) is 0 Å². The number of nitrogens with one attached hydrogen (secondary N) is 1. The molecule has 0 atom stereocenters. The molecule has 0 radical (unpaired) electrons. The van der Waals surface area contributed by atoms with E-state index in [1.165, 1.54) is 0 Å². The van der Waals surface area contributed by atoms with Crippen LogP contribution in [0.1, 0.15) is 0 Å². The Hall–Kier alpha value is -1.68. The molecule has 1 N–H and O–H groups in total. The number of rotatable bonds is 3. The van der Waals surface area contributed by atoms with E-state index in [1.807, 2.05) is 0 Å². The van der Waals surface area contributed by atoms with Crippen LogP contribution in [0.2, 0.25) is 5.02 Å². The maximum absolute atomic E-state index is 6.04. The van der Waals surface area contributed by atoms with Crippen molar-refractivity contribution in [2.24, 2.45) is 4.99 Å². The molecule has 1 aliphatic rings. The average Bonchev–Trinajstić information content (AvgIpc) is 2.33. The summed E-state index contributed by atoms with van der Waals surface area (Å²) in [5.41, 5.74) is 0. The molecule has 2 rings (SSSR count). The van der Waals surface area contributed by atoms with E-state index in [1.54, 1.807) is 37.8 Å². The smallest absolute Gasteiger partial charge is 0.145 e. The van der Waals surface area contributed by atoms with Crippen molar-refractivity contribution in [3.8, 4) is 11.5 Å². The highest BCUT2D eigenvalue weighted by Gasteiger charge is 2.07. The maximum atomic E-state index is 6.04. The first-order valence-electron chi connectivity index (χ1n) is 4.74. The van der Waals surface area contributed by atoms with E-state index in [4.69, 9.17) is 21.1 Å². The third-order valence-corrected chi connectivity index (χ3v) is 2.33. The number of hydrogen-bond acceptors (Lipinski definition) is 4. The van der Waals surface area contributed by atoms with Crippen molar-refractivity contribution in [2.75, 3.05) is 13.7 Å². The van der Waals surface area contributed by atoms with Gasteiger partial charge in [-0.25, -0.2) is 0 Å². The largest absolute Gasteiger partial charge is 0.497 e. The molecule has 1 aromatic rings. The summed E-state index contributed by atoms with van der Waals surface area (Å²) >= 11 is 6.04. The van der Waals surface area contributed by atoms with Crippen LogP contribution in [0.15, 0.2) is 35.2 Å². The van der Waals surface area contributed by atoms with Crippen molar-refractivity contribution in [1.29, 1.82) is 0 Å². The Morgan fingerprint density at radius 1 is 1.44 bits per heavy atom. The summed E-state index contributed by atoms with van der Waals surface area (Å²) in [7, 11) is 1.59. The fourth-order valence-electron chi connectivity index (χ4n) is 1.26. The number of halogens is 1. The summed E-state index contributed by atoms with van der Waals surface area (Å²) in [5, 5.41) is 3.36. The van der Waals surface area contributed by atoms with Crippen LogP contribution in [0.5, 0.6) is 11.5 Å². The average molecular weight is 239 g/mol. The van der Waals surface area contributed by atoms with Gasteiger partial charge in [-0.1, -0.05) is 11.6 Å². The van der Waals surface area contributed by atoms with Crippen LogP contribution in [-0.2, 0) is 0 Å². The number of ether oxygens (including phenoxy) is 2. The highest BCUT2D eigenvalue weighted by molar-refractivity contribution is 6.32. The van der Waals surface area contributed by atoms with Gasteiger partial charge in [0, 0.05) is 12.3 Å². The molecule has 0 fully saturated rings. The van der Waals surface area contributed by atoms with Gasteiger partial charge in [0.05, 0.1) is 18.5 Å². The first-order valence-corrected chi connectivity index (χ1v) is 5.12. The number of nitrogens with zero attached hydrogens (tertiary/aromatic N) is 1. The van der Waals surface area contributed by atoms with E-state index in [9.17, 15) is 0 Å². The van der Waals surface area contributed by atoms with Gasteiger partial charge in [0.1, 0.15) is 23.8 Å². The predicted octanol–water partition coefficient (Wildman–Crippen LogP) is 2.20. The molecule has 0 aliphatic carbocycles. The van der Waals surface area contributed by atoms with Crippen LogP contribution in [0.3, 0.4) is 0 Å². The summed E-state index contributed by atoms with van der Waals surface area (Å²) in [6.45, 7) is 0.509. The molecule has 1 heterocycles. The molecule has 1 aromatic carbocycles. The van der Waals surface area contributed by atoms with E-state index in [0.29, 0.717) is 23.1 Å². The third-order valence-electron chi connectivity index (χ3n) is 2.04. The number of benzene rings is 1. The normalized spacial score (nSPS) is 14.0. The Bertz CT molecular complexity index is 444. The van der Waals surface area contributed by atoms with Crippen molar-refractivity contribution in [3.63, 3.8) is 0 Å². The molecule has 0 saturated carbocycles. The van der Waals surface area contributed by atoms with E-state index in [0.717, 1.165) is 5.76 Å². The summed E-state index contributed by atoms with van der Waals surface area (Å²) in [6, 6.07) is 5.26. The number of methoxy groups -OCH3 is 1. The molecule has 16 heavy (non-hydrogen) atoms. The van der Waals surface area contributed by atoms with Crippen LogP contribution in [-0.4, -0.2) is 20.0 Å². The molecule has 0 aromatic heterocycles. The third kappa shape index (κ3) is 2.46. The second kappa shape index (κ2) is 4.90. The van der Waals surface area contributed by atoms with Crippen molar-refractivity contribution in [1.82, 2.24) is 5.32 Å². The highest BCUT2D eigenvalue weighted by Crippen LogP contribution is 2.29. The summed E-state index contributed by atoms with van der Waals surface area (Å²) in [5.74, 6) is 2.01. The van der Waals surface area contributed by atoms with Crippen LogP contribution in [0.25, 0.3) is 0 Å². The van der Waals surface area contributed by atoms with Crippen molar-refractivity contribution >= 4 is 17.9 Å². The maximum Gasteiger partial charge on any atom is 0.145 e. The molecular weight excluding hydrogens is 228 g/mol. The fourth-order valence-corrected chi connectivity index (χ4v) is 1.47. The molecule has 5 heteroatoms. The minimum atomic E-state index is 0.509. The molecule has 0 saturated heterocycles. The lowest BCUT2D eigenvalue weighted by Gasteiger charge is -2.12. The molecule has 0 bridgehead atoms. The van der Waals surface area contributed by atoms with Gasteiger partial charge in [0.15, 0.2) is 0 Å². The monoisotopic (exact) mass is 238 g/mol. The molecule has 84 valence electrons. The summed E-state index contributed by atoms with van der Waals surface area (Å²) < 4.78 is 10.6. The zero-order valence-corrected chi connectivity index (χ0v) is 9.49. The van der Waals surface area contributed by atoms with Crippen LogP contribution >= 0.6 is 11.6 Å². The second-order valence-electron chi connectivity index (χ2n) is 3.15. The lowest BCUT2D eigenvalue weighted by atomic mass is 10.3. The lowest BCUT2D eigenvalue weighted by Crippen LogP contribution is -2.13. The molecule has 0 amide bonds. The van der Waals surface area contributed by atoms with Crippen molar-refractivity contribution in [3.05, 3.63) is 35.2 Å². The second-order valence-corrected chi connectivity index (χ2v) is 3.55. The zero-order valence-electron chi connectivity index (χ0n) is 8.74. The molecule has 0 spiro atoms. The minimum absolute atomic E-state index is 0.509. The first kappa shape index (κ1) is 10.8. The summed E-state index contributed by atoms with van der Waals surface area (Å²) in [4.78, 5) is 4.02. The number of hydrogen-bond donors (Lipinski definition) is 1. The first-order chi connectivity index (χ1) is 7.79. The van der Waals surface area contributed by atoms with E-state index in [2.05, 4.69) is 10.3 Å². The molecule has 1 aliphatic heterocycles. The predicted molar refractivity (Wildman–Crippen MR) is 63.2 cm³/mol. The molecular formula is C11H11ClN2O2. The Morgan fingerprint density at radius 3 is 2.94 bits per heavy atom. The van der Waals surface area contributed by atoms with Crippen molar-refractivity contribution in [2.45, 2.75) is 0 Å². The standard InChI is InChI=1S/C11H11ClN2O2/c1-15-8-2-3-11(10(12)4-8)16-9-5-13-7-14-6-9/h2-5,7H,6H2,1H3,(H,13,14). The Kier molecular flexibility index (Phi) is 3.31. The number of aliphatic imine (C=N–C) groups is 1. The lowest BCUT2D eigenvalue weighted by molar-refractivity contribution is 0.403. The summed E-state index contributed by atoms with van der Waals surface area (Å²) in [6.07, 6.45) is 3.36. The molecule has 4 nitrogen and oxygen atoms in total. The van der Waals surface area contributed by atoms with Crippen LogP contribution in [0.4, 0.5) is 0 Å². The molecule has 0 unspecified atom stereocenters. The van der Waals surface area contributed by atoms with Gasteiger partial charge in [-0.2, -0.15) is 0 Å². The van der Waals surface area contributed by atoms with Gasteiger partial charge in [-0.3, -0.25) is 4.99 Å². The Balaban J connectivity index is 2.12. The van der Waals surface area contributed by atoms with E-state index in [-0.39, 0.29) is 0 Å². The quantitative estimate of drug-likeness (QED) is 0.878. The van der Waals surface area contributed by atoms with Gasteiger partial charge in [-0.05, 0) is 12.1 Å². The van der Waals surface area contributed by atoms with E-state index < -0.39 is 0 Å². The Labute approximate surface area is 98.5 Å². The Morgan fingerprint density at radius 2 is 2.31 bits per heavy atom. The van der Waals surface area contributed by atoms with Gasteiger partial charge in [0.25, 0.3) is 0 Å². The van der Waals surface area contributed by atoms with Crippen LogP contribution in [0, 0.1) is 0 Å². The minimum Gasteiger partial charge on any atom is -0.497 e. The van der Waals surface area contributed by atoms with E-state index >= 15 is 0 Å². The van der Waals surface area contributed by atoms with Crippen LogP contribution < -0.4 is 14.8 Å².